The zero-order chi connectivity index (χ0) is 30.3. The number of aromatic nitrogens is 2. The van der Waals surface area contributed by atoms with E-state index in [1.54, 1.807) is 0 Å². The second-order valence-corrected chi connectivity index (χ2v) is 11.8. The van der Waals surface area contributed by atoms with Gasteiger partial charge in [-0.2, -0.15) is 10.1 Å². The van der Waals surface area contributed by atoms with E-state index in [1.807, 2.05) is 0 Å². The number of nitrogens with one attached hydrogen (secondary N) is 1. The molecule has 0 bridgehead atoms. The van der Waals surface area contributed by atoms with Crippen LogP contribution < -0.4 is 10.6 Å². The number of hydrazone groups is 1. The van der Waals surface area contributed by atoms with Crippen molar-refractivity contribution >= 4 is 55.3 Å². The second kappa shape index (κ2) is 10.5. The molecule has 1 amide bonds. The molecule has 0 aliphatic carbocycles. The molecule has 1 aliphatic heterocycles. The molecule has 4 rings (SSSR count). The van der Waals surface area contributed by atoms with Crippen molar-refractivity contribution in [1.82, 2.24) is 9.78 Å². The Balaban J connectivity index is 1.69. The minimum Gasteiger partial charge on any atom is -0.744 e. The molecule has 0 radical (unpaired) electrons. The molecule has 1 aromatic heterocycles. The third-order valence-electron chi connectivity index (χ3n) is 5.64. The van der Waals surface area contributed by atoms with Crippen molar-refractivity contribution in [3.63, 3.8) is 0 Å². The van der Waals surface area contributed by atoms with Crippen LogP contribution in [0, 0.1) is 0 Å². The highest BCUT2D eigenvalue weighted by Crippen LogP contribution is 2.25. The number of carbonyl (C=O) groups is 3. The van der Waals surface area contributed by atoms with Crippen LogP contribution in [0.3, 0.4) is 0 Å². The molecule has 0 saturated carbocycles. The lowest BCUT2D eigenvalue weighted by Gasteiger charge is -2.11. The summed E-state index contributed by atoms with van der Waals surface area (Å²) >= 11 is 0. The monoisotopic (exact) mass is 601 g/mol. The normalized spacial score (nSPS) is 15.1. The molecule has 15 nitrogen and oxygen atoms in total. The van der Waals surface area contributed by atoms with Gasteiger partial charge in [-0.05, 0) is 60.7 Å². The predicted octanol–water partition coefficient (Wildman–Crippen LogP) is 0.598. The highest BCUT2D eigenvalue weighted by Gasteiger charge is 2.35. The van der Waals surface area contributed by atoms with Gasteiger partial charge in [-0.15, -0.1) is 0 Å². The number of rotatable bonds is 8. The van der Waals surface area contributed by atoms with E-state index < -0.39 is 70.8 Å². The fraction of sp³-hybridized carbons (Fsp3) is 0.0417. The average molecular weight is 602 g/mol. The second-order valence-electron chi connectivity index (χ2n) is 8.37. The summed E-state index contributed by atoms with van der Waals surface area (Å²) in [5.74, 6) is -4.00. The molecule has 0 unspecified atom stereocenters. The zero-order valence-corrected chi connectivity index (χ0v) is 22.2. The molecule has 2 heterocycles. The van der Waals surface area contributed by atoms with Gasteiger partial charge in [0.25, 0.3) is 11.5 Å². The number of aromatic amines is 1. The molecule has 212 valence electrons. The van der Waals surface area contributed by atoms with E-state index in [2.05, 4.69) is 10.2 Å². The van der Waals surface area contributed by atoms with Crippen LogP contribution in [-0.4, -0.2) is 71.2 Å². The first-order valence-corrected chi connectivity index (χ1v) is 14.4. The summed E-state index contributed by atoms with van der Waals surface area (Å²) < 4.78 is 57.6. The third kappa shape index (κ3) is 5.76. The van der Waals surface area contributed by atoms with E-state index in [-0.39, 0.29) is 16.3 Å². The Labute approximate surface area is 230 Å². The predicted molar refractivity (Wildman–Crippen MR) is 141 cm³/mol. The Kier molecular flexibility index (Phi) is 7.36. The Morgan fingerprint density at radius 2 is 1.46 bits per heavy atom. The lowest BCUT2D eigenvalue weighted by molar-refractivity contribution is -0.129. The Bertz CT molecular complexity index is 1970. The van der Waals surface area contributed by atoms with Gasteiger partial charge in [0, 0.05) is 6.26 Å². The van der Waals surface area contributed by atoms with Gasteiger partial charge in [0.05, 0.1) is 32.3 Å². The molecule has 0 spiro atoms. The van der Waals surface area contributed by atoms with Gasteiger partial charge < -0.3 is 14.8 Å². The van der Waals surface area contributed by atoms with Gasteiger partial charge in [-0.1, -0.05) is 6.08 Å². The number of sulfone groups is 1. The number of anilines is 1. The van der Waals surface area contributed by atoms with E-state index in [0.717, 1.165) is 58.4 Å². The quantitative estimate of drug-likeness (QED) is 0.239. The van der Waals surface area contributed by atoms with Crippen LogP contribution in [-0.2, 0) is 29.5 Å². The molecule has 17 heteroatoms. The maximum Gasteiger partial charge on any atom is 0.357 e. The van der Waals surface area contributed by atoms with E-state index in [4.69, 9.17) is 0 Å². The summed E-state index contributed by atoms with van der Waals surface area (Å²) in [6.45, 7) is 0. The van der Waals surface area contributed by atoms with Crippen molar-refractivity contribution < 1.29 is 46.0 Å². The molecule has 3 N–H and O–H groups in total. The van der Waals surface area contributed by atoms with Crippen LogP contribution in [0.2, 0.25) is 0 Å². The Hall–Kier alpha value is -5.13. The summed E-state index contributed by atoms with van der Waals surface area (Å²) in [4.78, 5) is 48.8. The van der Waals surface area contributed by atoms with Crippen LogP contribution in [0.4, 0.5) is 5.69 Å². The number of H-pyrrole nitrogens is 1. The molecule has 0 saturated heterocycles. The molecule has 0 atom stereocenters. The Morgan fingerprint density at radius 1 is 0.902 bits per heavy atom. The van der Waals surface area contributed by atoms with Crippen LogP contribution in [0.1, 0.15) is 16.1 Å². The maximum atomic E-state index is 13.0. The molecule has 2 aromatic carbocycles. The first kappa shape index (κ1) is 28.9. The van der Waals surface area contributed by atoms with Crippen molar-refractivity contribution in [3.05, 3.63) is 87.9 Å². The summed E-state index contributed by atoms with van der Waals surface area (Å²) in [5.41, 5.74) is -2.87. The summed E-state index contributed by atoms with van der Waals surface area (Å²) in [6, 6.07) is 9.03. The highest BCUT2D eigenvalue weighted by atomic mass is 32.2. The number of hydrogen-bond donors (Lipinski definition) is 3. The topological polar surface area (TPSA) is 236 Å². The number of aromatic carboxylic acids is 1. The fourth-order valence-corrected chi connectivity index (χ4v) is 4.78. The van der Waals surface area contributed by atoms with Gasteiger partial charge in [0.2, 0.25) is 0 Å². The SMILES string of the molecule is CS(=O)(=O)c1ccc(N2N=C(C(=O)O)/C(=C\C=C\c3c(C(=O)O)[nH]n(-c4ccc(S(=O)(=O)[O-])cc4)c3=O)C2=O)cc1. The van der Waals surface area contributed by atoms with Crippen molar-refractivity contribution in [2.75, 3.05) is 11.3 Å². The largest absolute Gasteiger partial charge is 0.744 e. The van der Waals surface area contributed by atoms with Crippen LogP contribution >= 0.6 is 0 Å². The maximum absolute atomic E-state index is 13.0. The van der Waals surface area contributed by atoms with Crippen molar-refractivity contribution in [2.45, 2.75) is 9.79 Å². The number of amides is 1. The Morgan fingerprint density at radius 3 is 1.98 bits per heavy atom. The fourth-order valence-electron chi connectivity index (χ4n) is 3.68. The van der Waals surface area contributed by atoms with Crippen LogP contribution in [0.15, 0.2) is 85.9 Å². The van der Waals surface area contributed by atoms with Gasteiger partial charge in [-0.25, -0.2) is 31.1 Å². The summed E-state index contributed by atoms with van der Waals surface area (Å²) in [7, 11) is -8.29. The first-order chi connectivity index (χ1) is 19.1. The molecular weight excluding hydrogens is 584 g/mol. The van der Waals surface area contributed by atoms with Crippen molar-refractivity contribution in [1.29, 1.82) is 0 Å². The number of carbonyl (C=O) groups excluding carboxylic acids is 1. The van der Waals surface area contributed by atoms with Gasteiger partial charge in [0.1, 0.15) is 10.1 Å². The molecule has 3 aromatic rings. The number of allylic oxidation sites excluding steroid dienone is 2. The number of carboxylic acids is 2. The number of benzene rings is 2. The lowest BCUT2D eigenvalue weighted by atomic mass is 10.1. The number of aliphatic carboxylic acids is 1. The van der Waals surface area contributed by atoms with E-state index in [0.29, 0.717) is 0 Å². The number of hydrogen-bond acceptors (Lipinski definition) is 10. The van der Waals surface area contributed by atoms with E-state index in [1.165, 1.54) is 24.3 Å². The van der Waals surface area contributed by atoms with Crippen LogP contribution in [0.25, 0.3) is 11.8 Å². The molecule has 0 fully saturated rings. The molecular formula is C24H17N4O11S2-. The number of nitrogens with zero attached hydrogens (tertiary/aromatic N) is 3. The number of carboxylic acid groups (broad SMARTS) is 2. The smallest absolute Gasteiger partial charge is 0.357 e. The summed E-state index contributed by atoms with van der Waals surface area (Å²) in [5, 5.41) is 26.0. The zero-order valence-electron chi connectivity index (χ0n) is 20.6. The van der Waals surface area contributed by atoms with Gasteiger partial charge in [0.15, 0.2) is 21.2 Å². The van der Waals surface area contributed by atoms with Gasteiger partial charge >= 0.3 is 11.9 Å². The first-order valence-electron chi connectivity index (χ1n) is 11.1. The van der Waals surface area contributed by atoms with Crippen LogP contribution in [0.5, 0.6) is 0 Å². The van der Waals surface area contributed by atoms with E-state index in [9.17, 15) is 50.8 Å². The van der Waals surface area contributed by atoms with Crippen molar-refractivity contribution in [2.24, 2.45) is 5.10 Å². The standard InChI is InChI=1S/C24H18N4O11S2/c1-40(35,36)15-9-5-13(6-10-15)27-21(29)17(19(25-27)23(31)32)3-2-4-18-20(24(33)34)26-28(22(18)30)14-7-11-16(12-8-14)41(37,38)39/h2-12,26H,1H3,(H,31,32)(H,33,34)(H,37,38,39)/p-1/b4-2+,17-3+. The minimum atomic E-state index is -4.76. The third-order valence-corrected chi connectivity index (χ3v) is 7.62. The minimum absolute atomic E-state index is 0.00621. The molecule has 41 heavy (non-hydrogen) atoms. The summed E-state index contributed by atoms with van der Waals surface area (Å²) in [6.07, 6.45) is 4.08. The van der Waals surface area contributed by atoms with Gasteiger partial charge in [-0.3, -0.25) is 14.7 Å². The average Bonchev–Trinajstić information content (AvgIpc) is 3.40. The lowest BCUT2D eigenvalue weighted by Crippen LogP contribution is -2.22. The highest BCUT2D eigenvalue weighted by molar-refractivity contribution is 7.90. The molecule has 1 aliphatic rings. The van der Waals surface area contributed by atoms with Crippen molar-refractivity contribution in [3.8, 4) is 5.69 Å². The van der Waals surface area contributed by atoms with E-state index >= 15 is 0 Å².